The van der Waals surface area contributed by atoms with Crippen LogP contribution >= 0.6 is 0 Å². The Bertz CT molecular complexity index is 1030. The maximum absolute atomic E-state index is 12.8. The van der Waals surface area contributed by atoms with Gasteiger partial charge in [0, 0.05) is 39.6 Å². The smallest absolute Gasteiger partial charge is 0.281 e. The van der Waals surface area contributed by atoms with Crippen LogP contribution in [0.1, 0.15) is 28.8 Å². The fourth-order valence-electron chi connectivity index (χ4n) is 3.66. The van der Waals surface area contributed by atoms with E-state index in [2.05, 4.69) is 10.6 Å². The molecular formula is C23H30N4O4S. The van der Waals surface area contributed by atoms with Crippen LogP contribution in [0.4, 0.5) is 5.69 Å². The van der Waals surface area contributed by atoms with Gasteiger partial charge < -0.3 is 10.6 Å². The summed E-state index contributed by atoms with van der Waals surface area (Å²) < 4.78 is 27.1. The molecule has 0 aliphatic carbocycles. The van der Waals surface area contributed by atoms with Gasteiger partial charge in [-0.05, 0) is 37.0 Å². The Balaban J connectivity index is 1.56. The van der Waals surface area contributed by atoms with Crippen molar-refractivity contribution < 1.29 is 18.0 Å². The van der Waals surface area contributed by atoms with Crippen LogP contribution in [-0.2, 0) is 21.4 Å². The number of hydrogen-bond donors (Lipinski definition) is 2. The molecule has 172 valence electrons. The molecule has 3 rings (SSSR count). The van der Waals surface area contributed by atoms with Gasteiger partial charge in [0.2, 0.25) is 5.91 Å². The SMILES string of the molecule is CN(C)S(=O)(=O)N1CCC(C(=O)Nc2ccccc2C(=O)NCCc2ccccc2)CC1. The Morgan fingerprint density at radius 1 is 1.00 bits per heavy atom. The summed E-state index contributed by atoms with van der Waals surface area (Å²) in [6, 6.07) is 16.8. The van der Waals surface area contributed by atoms with E-state index in [-0.39, 0.29) is 17.7 Å². The molecule has 2 aromatic carbocycles. The van der Waals surface area contributed by atoms with Crippen LogP contribution < -0.4 is 10.6 Å². The van der Waals surface area contributed by atoms with Crippen molar-refractivity contribution in [3.8, 4) is 0 Å². The Labute approximate surface area is 189 Å². The highest BCUT2D eigenvalue weighted by molar-refractivity contribution is 7.86. The topological polar surface area (TPSA) is 98.8 Å². The second-order valence-corrected chi connectivity index (χ2v) is 10.1. The summed E-state index contributed by atoms with van der Waals surface area (Å²) in [4.78, 5) is 25.5. The maximum Gasteiger partial charge on any atom is 0.281 e. The van der Waals surface area contributed by atoms with Crippen molar-refractivity contribution in [1.82, 2.24) is 13.9 Å². The third kappa shape index (κ3) is 5.93. The van der Waals surface area contributed by atoms with E-state index < -0.39 is 10.2 Å². The van der Waals surface area contributed by atoms with Crippen LogP contribution in [0.25, 0.3) is 0 Å². The number of carbonyl (C=O) groups excluding carboxylic acids is 2. The van der Waals surface area contributed by atoms with Crippen molar-refractivity contribution in [1.29, 1.82) is 0 Å². The average molecular weight is 459 g/mol. The minimum atomic E-state index is -3.47. The quantitative estimate of drug-likeness (QED) is 0.633. The normalized spacial score (nSPS) is 15.5. The Morgan fingerprint density at radius 2 is 1.62 bits per heavy atom. The molecule has 1 fully saturated rings. The predicted octanol–water partition coefficient (Wildman–Crippen LogP) is 2.12. The summed E-state index contributed by atoms with van der Waals surface area (Å²) in [5.74, 6) is -0.752. The standard InChI is InChI=1S/C23H30N4O4S/c1-26(2)32(30,31)27-16-13-19(14-17-27)22(28)25-21-11-7-6-10-20(21)23(29)24-15-12-18-8-4-3-5-9-18/h3-11,19H,12-17H2,1-2H3,(H,24,29)(H,25,28). The zero-order valence-electron chi connectivity index (χ0n) is 18.5. The van der Waals surface area contributed by atoms with E-state index in [0.717, 1.165) is 12.0 Å². The van der Waals surface area contributed by atoms with Crippen LogP contribution in [0.2, 0.25) is 0 Å². The van der Waals surface area contributed by atoms with E-state index in [1.165, 1.54) is 22.7 Å². The minimum Gasteiger partial charge on any atom is -0.352 e. The molecule has 8 nitrogen and oxygen atoms in total. The highest BCUT2D eigenvalue weighted by Crippen LogP contribution is 2.23. The molecule has 32 heavy (non-hydrogen) atoms. The van der Waals surface area contributed by atoms with E-state index in [1.54, 1.807) is 24.3 Å². The second kappa shape index (κ2) is 10.7. The number of nitrogens with zero attached hydrogens (tertiary/aromatic N) is 2. The van der Waals surface area contributed by atoms with Crippen LogP contribution in [0.3, 0.4) is 0 Å². The van der Waals surface area contributed by atoms with E-state index in [0.29, 0.717) is 43.7 Å². The lowest BCUT2D eigenvalue weighted by Crippen LogP contribution is -2.46. The van der Waals surface area contributed by atoms with Crippen LogP contribution in [0.15, 0.2) is 54.6 Å². The highest BCUT2D eigenvalue weighted by Gasteiger charge is 2.32. The molecule has 0 saturated carbocycles. The number of anilines is 1. The molecule has 9 heteroatoms. The first kappa shape index (κ1) is 23.9. The second-order valence-electron chi connectivity index (χ2n) is 7.99. The minimum absolute atomic E-state index is 0.198. The zero-order valence-corrected chi connectivity index (χ0v) is 19.3. The summed E-state index contributed by atoms with van der Waals surface area (Å²) in [5.41, 5.74) is 2.00. The van der Waals surface area contributed by atoms with Gasteiger partial charge in [0.25, 0.3) is 16.1 Å². The molecule has 0 radical (unpaired) electrons. The van der Waals surface area contributed by atoms with E-state index in [4.69, 9.17) is 0 Å². The summed E-state index contributed by atoms with van der Waals surface area (Å²) in [6.45, 7) is 1.07. The lowest BCUT2D eigenvalue weighted by molar-refractivity contribution is -0.120. The van der Waals surface area contributed by atoms with Crippen molar-refractivity contribution in [2.24, 2.45) is 5.92 Å². The number of carbonyl (C=O) groups is 2. The van der Waals surface area contributed by atoms with E-state index in [1.807, 2.05) is 30.3 Å². The number of rotatable bonds is 8. The maximum atomic E-state index is 12.8. The largest absolute Gasteiger partial charge is 0.352 e. The summed E-state index contributed by atoms with van der Waals surface area (Å²) in [6.07, 6.45) is 1.59. The molecule has 1 aliphatic rings. The van der Waals surface area contributed by atoms with Crippen LogP contribution in [0, 0.1) is 5.92 Å². The Hall–Kier alpha value is -2.75. The fourth-order valence-corrected chi connectivity index (χ4v) is 4.80. The van der Waals surface area contributed by atoms with Gasteiger partial charge in [-0.2, -0.15) is 17.0 Å². The van der Waals surface area contributed by atoms with Crippen molar-refractivity contribution in [2.45, 2.75) is 19.3 Å². The lowest BCUT2D eigenvalue weighted by atomic mass is 9.97. The Morgan fingerprint density at radius 3 is 2.28 bits per heavy atom. The molecule has 0 unspecified atom stereocenters. The van der Waals surface area contributed by atoms with Crippen molar-refractivity contribution in [3.05, 3.63) is 65.7 Å². The molecule has 2 amide bonds. The monoisotopic (exact) mass is 458 g/mol. The molecule has 0 bridgehead atoms. The first-order valence-electron chi connectivity index (χ1n) is 10.7. The van der Waals surface area contributed by atoms with Gasteiger partial charge in [-0.1, -0.05) is 42.5 Å². The van der Waals surface area contributed by atoms with Crippen molar-refractivity contribution in [3.63, 3.8) is 0 Å². The number of piperidine rings is 1. The van der Waals surface area contributed by atoms with E-state index in [9.17, 15) is 18.0 Å². The molecule has 2 aromatic rings. The van der Waals surface area contributed by atoms with Gasteiger partial charge in [-0.15, -0.1) is 0 Å². The molecular weight excluding hydrogens is 428 g/mol. The predicted molar refractivity (Wildman–Crippen MR) is 124 cm³/mol. The summed E-state index contributed by atoms with van der Waals surface area (Å²) in [7, 11) is -0.481. The third-order valence-corrected chi connectivity index (χ3v) is 7.52. The van der Waals surface area contributed by atoms with Crippen LogP contribution in [-0.4, -0.2) is 62.6 Å². The molecule has 0 atom stereocenters. The zero-order chi connectivity index (χ0) is 23.1. The van der Waals surface area contributed by atoms with Gasteiger partial charge in [0.1, 0.15) is 0 Å². The van der Waals surface area contributed by atoms with E-state index >= 15 is 0 Å². The lowest BCUT2D eigenvalue weighted by Gasteiger charge is -2.32. The van der Waals surface area contributed by atoms with Crippen molar-refractivity contribution in [2.75, 3.05) is 39.0 Å². The number of hydrogen-bond acceptors (Lipinski definition) is 4. The highest BCUT2D eigenvalue weighted by atomic mass is 32.2. The number of amides is 2. The Kier molecular flexibility index (Phi) is 8.00. The first-order chi connectivity index (χ1) is 15.3. The van der Waals surface area contributed by atoms with Gasteiger partial charge in [-0.25, -0.2) is 0 Å². The number of nitrogens with one attached hydrogen (secondary N) is 2. The summed E-state index contributed by atoms with van der Waals surface area (Å²) in [5, 5.41) is 5.77. The van der Waals surface area contributed by atoms with Crippen LogP contribution in [0.5, 0.6) is 0 Å². The van der Waals surface area contributed by atoms with Gasteiger partial charge in [0.15, 0.2) is 0 Å². The molecule has 0 aromatic heterocycles. The number of benzene rings is 2. The average Bonchev–Trinajstić information content (AvgIpc) is 2.80. The molecule has 1 saturated heterocycles. The van der Waals surface area contributed by atoms with Crippen molar-refractivity contribution >= 4 is 27.7 Å². The fraction of sp³-hybridized carbons (Fsp3) is 0.391. The molecule has 1 heterocycles. The third-order valence-electron chi connectivity index (χ3n) is 5.58. The first-order valence-corrected chi connectivity index (χ1v) is 12.1. The van der Waals surface area contributed by atoms with Gasteiger partial charge in [-0.3, -0.25) is 9.59 Å². The summed E-state index contributed by atoms with van der Waals surface area (Å²) >= 11 is 0. The number of para-hydroxylation sites is 1. The van der Waals surface area contributed by atoms with Gasteiger partial charge in [0.05, 0.1) is 11.3 Å². The molecule has 1 aliphatic heterocycles. The molecule has 0 spiro atoms. The van der Waals surface area contributed by atoms with Gasteiger partial charge >= 0.3 is 0 Å². The molecule has 2 N–H and O–H groups in total.